The van der Waals surface area contributed by atoms with Crippen molar-refractivity contribution in [2.24, 2.45) is 22.5 Å². The number of hydrogen-bond donors (Lipinski definition) is 1. The van der Waals surface area contributed by atoms with Crippen LogP contribution in [0.15, 0.2) is 22.7 Å². The summed E-state index contributed by atoms with van der Waals surface area (Å²) >= 11 is 3.54. The minimum absolute atomic E-state index is 0.295. The first-order valence-electron chi connectivity index (χ1n) is 7.53. The van der Waals surface area contributed by atoms with E-state index in [1.807, 2.05) is 0 Å². The molecule has 0 amide bonds. The number of ether oxygens (including phenoxy) is 1. The van der Waals surface area contributed by atoms with Crippen LogP contribution in [0, 0.1) is 16.7 Å². The Labute approximate surface area is 130 Å². The second-order valence-corrected chi connectivity index (χ2v) is 8.13. The van der Waals surface area contributed by atoms with E-state index in [1.165, 1.54) is 19.3 Å². The Morgan fingerprint density at radius 1 is 1.30 bits per heavy atom. The van der Waals surface area contributed by atoms with Crippen LogP contribution in [0.25, 0.3) is 0 Å². The zero-order valence-corrected chi connectivity index (χ0v) is 14.2. The third-order valence-corrected chi connectivity index (χ3v) is 6.62. The maximum Gasteiger partial charge on any atom is 0.121 e. The van der Waals surface area contributed by atoms with Gasteiger partial charge in [-0.15, -0.1) is 0 Å². The summed E-state index contributed by atoms with van der Waals surface area (Å²) in [6, 6.07) is 6.19. The maximum atomic E-state index is 6.39. The van der Waals surface area contributed by atoms with Gasteiger partial charge in [0.15, 0.2) is 0 Å². The summed E-state index contributed by atoms with van der Waals surface area (Å²) in [7, 11) is 0. The van der Waals surface area contributed by atoms with Crippen LogP contribution in [0.4, 0.5) is 0 Å². The smallest absolute Gasteiger partial charge is 0.121 e. The fraction of sp³-hybridized carbons (Fsp3) is 0.647. The molecule has 2 aliphatic carbocycles. The molecule has 0 heterocycles. The summed E-state index contributed by atoms with van der Waals surface area (Å²) in [5.41, 5.74) is 7.55. The molecule has 3 unspecified atom stereocenters. The molecule has 110 valence electrons. The molecule has 1 aromatic carbocycles. The number of fused-ring (bicyclic) bond motifs is 2. The molecule has 3 atom stereocenters. The van der Waals surface area contributed by atoms with Gasteiger partial charge in [0.25, 0.3) is 0 Å². The second kappa shape index (κ2) is 4.74. The molecule has 2 aliphatic rings. The van der Waals surface area contributed by atoms with Gasteiger partial charge in [-0.05, 0) is 54.4 Å². The fourth-order valence-electron chi connectivity index (χ4n) is 4.28. The first-order chi connectivity index (χ1) is 9.36. The Morgan fingerprint density at radius 3 is 2.60 bits per heavy atom. The van der Waals surface area contributed by atoms with Crippen molar-refractivity contribution >= 4 is 15.9 Å². The molecule has 3 heteroatoms. The zero-order valence-electron chi connectivity index (χ0n) is 12.6. The highest BCUT2D eigenvalue weighted by molar-refractivity contribution is 9.10. The van der Waals surface area contributed by atoms with E-state index >= 15 is 0 Å². The number of rotatable bonds is 3. The maximum absolute atomic E-state index is 6.39. The minimum atomic E-state index is 0.295. The molecule has 2 nitrogen and oxygen atoms in total. The van der Waals surface area contributed by atoms with Gasteiger partial charge in [-0.2, -0.15) is 0 Å². The predicted molar refractivity (Wildman–Crippen MR) is 85.7 cm³/mol. The molecule has 0 aromatic heterocycles. The third kappa shape index (κ3) is 2.01. The van der Waals surface area contributed by atoms with Crippen LogP contribution in [0.1, 0.15) is 45.6 Å². The molecule has 2 saturated carbocycles. The highest BCUT2D eigenvalue weighted by Gasteiger charge is 2.62. The van der Waals surface area contributed by atoms with Crippen molar-refractivity contribution in [3.63, 3.8) is 0 Å². The molecule has 0 aliphatic heterocycles. The Hall–Kier alpha value is -0.540. The lowest BCUT2D eigenvalue weighted by Gasteiger charge is -2.39. The lowest BCUT2D eigenvalue weighted by Crippen LogP contribution is -2.38. The van der Waals surface area contributed by atoms with Gasteiger partial charge in [-0.3, -0.25) is 0 Å². The quantitative estimate of drug-likeness (QED) is 0.881. The van der Waals surface area contributed by atoms with Gasteiger partial charge in [0, 0.05) is 16.4 Å². The van der Waals surface area contributed by atoms with Gasteiger partial charge in [0.1, 0.15) is 11.9 Å². The van der Waals surface area contributed by atoms with E-state index < -0.39 is 0 Å². The van der Waals surface area contributed by atoms with Gasteiger partial charge in [0.05, 0.1) is 0 Å². The van der Waals surface area contributed by atoms with Crippen molar-refractivity contribution in [3.05, 3.63) is 28.2 Å². The molecule has 0 saturated heterocycles. The normalized spacial score (nSPS) is 34.5. The summed E-state index contributed by atoms with van der Waals surface area (Å²) in [4.78, 5) is 0. The van der Waals surface area contributed by atoms with Crippen molar-refractivity contribution in [1.29, 1.82) is 0 Å². The number of benzene rings is 1. The lowest BCUT2D eigenvalue weighted by atomic mass is 9.70. The molecule has 1 aromatic rings. The van der Waals surface area contributed by atoms with Crippen LogP contribution in [0.5, 0.6) is 5.75 Å². The van der Waals surface area contributed by atoms with Gasteiger partial charge in [-0.25, -0.2) is 0 Å². The molecule has 2 N–H and O–H groups in total. The standard InChI is InChI=1S/C17H24BrNO/c1-16(2)12-4-5-17(16,3)15(8-12)20-14-7-11(10-19)6-13(18)9-14/h6-7,9,12,15H,4-5,8,10,19H2,1-3H3. The molecule has 0 spiro atoms. The van der Waals surface area contributed by atoms with Gasteiger partial charge in [0.2, 0.25) is 0 Å². The molecular weight excluding hydrogens is 314 g/mol. The minimum Gasteiger partial charge on any atom is -0.490 e. The second-order valence-electron chi connectivity index (χ2n) is 7.22. The van der Waals surface area contributed by atoms with Crippen molar-refractivity contribution in [2.45, 2.75) is 52.7 Å². The molecular formula is C17H24BrNO. The monoisotopic (exact) mass is 337 g/mol. The van der Waals surface area contributed by atoms with Crippen LogP contribution in [-0.2, 0) is 6.54 Å². The first-order valence-corrected chi connectivity index (χ1v) is 8.32. The van der Waals surface area contributed by atoms with Gasteiger partial charge < -0.3 is 10.5 Å². The SMILES string of the molecule is CC1(C)C2CCC1(C)C(Oc1cc(Br)cc(CN)c1)C2. The molecule has 3 rings (SSSR count). The van der Waals surface area contributed by atoms with Crippen LogP contribution in [0.3, 0.4) is 0 Å². The summed E-state index contributed by atoms with van der Waals surface area (Å²) in [5.74, 6) is 1.76. The van der Waals surface area contributed by atoms with E-state index in [-0.39, 0.29) is 0 Å². The third-order valence-electron chi connectivity index (χ3n) is 6.16. The van der Waals surface area contributed by atoms with Crippen LogP contribution in [-0.4, -0.2) is 6.10 Å². The van der Waals surface area contributed by atoms with Gasteiger partial charge in [-0.1, -0.05) is 36.7 Å². The summed E-state index contributed by atoms with van der Waals surface area (Å²) in [5, 5.41) is 0. The van der Waals surface area contributed by atoms with Crippen molar-refractivity contribution < 1.29 is 4.74 Å². The predicted octanol–water partition coefficient (Wildman–Crippen LogP) is 4.50. The molecule has 2 fully saturated rings. The number of hydrogen-bond acceptors (Lipinski definition) is 2. The van der Waals surface area contributed by atoms with E-state index in [4.69, 9.17) is 10.5 Å². The summed E-state index contributed by atoms with van der Waals surface area (Å²) in [6.45, 7) is 7.79. The topological polar surface area (TPSA) is 35.2 Å². The lowest BCUT2D eigenvalue weighted by molar-refractivity contribution is 0.0301. The highest BCUT2D eigenvalue weighted by atomic mass is 79.9. The Balaban J connectivity index is 1.85. The van der Waals surface area contributed by atoms with Crippen molar-refractivity contribution in [2.75, 3.05) is 0 Å². The summed E-state index contributed by atoms with van der Waals surface area (Å²) in [6.07, 6.45) is 4.16. The van der Waals surface area contributed by atoms with Gasteiger partial charge >= 0.3 is 0 Å². The average molecular weight is 338 g/mol. The molecule has 2 bridgehead atoms. The largest absolute Gasteiger partial charge is 0.490 e. The van der Waals surface area contributed by atoms with E-state index in [0.717, 1.165) is 21.7 Å². The highest BCUT2D eigenvalue weighted by Crippen LogP contribution is 2.66. The van der Waals surface area contributed by atoms with E-state index in [9.17, 15) is 0 Å². The van der Waals surface area contributed by atoms with Crippen LogP contribution in [0.2, 0.25) is 0 Å². The Bertz CT molecular complexity index is 528. The average Bonchev–Trinajstić information content (AvgIpc) is 2.71. The van der Waals surface area contributed by atoms with E-state index in [1.54, 1.807) is 0 Å². The van der Waals surface area contributed by atoms with E-state index in [0.29, 0.717) is 23.5 Å². The van der Waals surface area contributed by atoms with Crippen LogP contribution >= 0.6 is 15.9 Å². The zero-order chi connectivity index (χ0) is 14.5. The Morgan fingerprint density at radius 2 is 2.05 bits per heavy atom. The molecule has 20 heavy (non-hydrogen) atoms. The number of nitrogens with two attached hydrogens (primary N) is 1. The van der Waals surface area contributed by atoms with E-state index in [2.05, 4.69) is 54.9 Å². The first kappa shape index (κ1) is 14.4. The fourth-order valence-corrected chi connectivity index (χ4v) is 4.80. The van der Waals surface area contributed by atoms with Crippen molar-refractivity contribution in [3.8, 4) is 5.75 Å². The number of halogens is 1. The Kier molecular flexibility index (Phi) is 3.41. The van der Waals surface area contributed by atoms with Crippen molar-refractivity contribution in [1.82, 2.24) is 0 Å². The van der Waals surface area contributed by atoms with Crippen LogP contribution < -0.4 is 10.5 Å². The molecule has 0 radical (unpaired) electrons. The summed E-state index contributed by atoms with van der Waals surface area (Å²) < 4.78 is 7.43.